The van der Waals surface area contributed by atoms with Gasteiger partial charge in [0.2, 0.25) is 0 Å². The smallest absolute Gasteiger partial charge is 0.311 e. The molecule has 3 saturated heterocycles. The summed E-state index contributed by atoms with van der Waals surface area (Å²) in [6.45, 7) is 18.1. The molecule has 3 aliphatic heterocycles. The largest absolute Gasteiger partial charge is 0.462 e. The van der Waals surface area contributed by atoms with E-state index in [-0.39, 0.29) is 30.8 Å². The highest BCUT2D eigenvalue weighted by Gasteiger charge is 2.53. The van der Waals surface area contributed by atoms with Crippen LogP contribution in [0.15, 0.2) is 0 Å². The number of likely N-dealkylation sites (N-methyl/N-ethyl adjacent to an activating group) is 1. The first-order chi connectivity index (χ1) is 23.7. The van der Waals surface area contributed by atoms with Crippen molar-refractivity contribution in [2.24, 2.45) is 29.6 Å². The number of ether oxygens (including phenoxy) is 7. The fraction of sp³-hybridized carbons (Fsp3) is 0.947. The Balaban J connectivity index is 2.20. The lowest BCUT2D eigenvalue weighted by Crippen LogP contribution is -2.61. The van der Waals surface area contributed by atoms with Gasteiger partial charge in [-0.2, -0.15) is 0 Å². The highest BCUT2D eigenvalue weighted by Crippen LogP contribution is 2.41. The zero-order valence-corrected chi connectivity index (χ0v) is 33.5. The van der Waals surface area contributed by atoms with E-state index >= 15 is 0 Å². The van der Waals surface area contributed by atoms with Crippen molar-refractivity contribution in [2.45, 2.75) is 174 Å². The number of aliphatic hydroxyl groups excluding tert-OH is 3. The highest BCUT2D eigenvalue weighted by atomic mass is 16.7. The summed E-state index contributed by atoms with van der Waals surface area (Å²) in [4.78, 5) is 30.0. The van der Waals surface area contributed by atoms with Gasteiger partial charge in [-0.1, -0.05) is 34.6 Å². The van der Waals surface area contributed by atoms with E-state index in [2.05, 4.69) is 0 Å². The van der Waals surface area contributed by atoms with Crippen LogP contribution in [0.5, 0.6) is 0 Å². The van der Waals surface area contributed by atoms with E-state index in [0.29, 0.717) is 12.8 Å². The van der Waals surface area contributed by atoms with Gasteiger partial charge in [0, 0.05) is 50.4 Å². The summed E-state index contributed by atoms with van der Waals surface area (Å²) in [6, 6.07) is -0.256. The molecule has 3 heterocycles. The van der Waals surface area contributed by atoms with E-state index in [1.54, 1.807) is 41.7 Å². The minimum Gasteiger partial charge on any atom is -0.462 e. The number of carbonyl (C=O) groups excluding carboxylic acids is 2. The average molecular weight is 732 g/mol. The summed E-state index contributed by atoms with van der Waals surface area (Å²) >= 11 is 0. The van der Waals surface area contributed by atoms with Crippen molar-refractivity contribution in [1.29, 1.82) is 0 Å². The number of methoxy groups -OCH3 is 2. The number of hydrogen-bond donors (Lipinski definition) is 3. The highest BCUT2D eigenvalue weighted by molar-refractivity contribution is 5.83. The van der Waals surface area contributed by atoms with E-state index in [9.17, 15) is 24.9 Å². The maximum atomic E-state index is 14.1. The van der Waals surface area contributed by atoms with Crippen LogP contribution in [0.4, 0.5) is 0 Å². The molecule has 0 aliphatic carbocycles. The second kappa shape index (κ2) is 17.9. The molecule has 3 rings (SSSR count). The molecule has 3 N–H and O–H groups in total. The van der Waals surface area contributed by atoms with Crippen LogP contribution in [0.3, 0.4) is 0 Å². The Morgan fingerprint density at radius 1 is 0.824 bits per heavy atom. The molecule has 0 bridgehead atoms. The predicted octanol–water partition coefficient (Wildman–Crippen LogP) is 3.32. The Bertz CT molecular complexity index is 1140. The van der Waals surface area contributed by atoms with Crippen molar-refractivity contribution in [3.63, 3.8) is 0 Å². The molecule has 3 fully saturated rings. The molecule has 18 atom stereocenters. The number of carbonyl (C=O) groups is 2. The molecule has 298 valence electrons. The van der Waals surface area contributed by atoms with Gasteiger partial charge >= 0.3 is 5.97 Å². The van der Waals surface area contributed by atoms with Crippen LogP contribution < -0.4 is 0 Å². The molecule has 13 nitrogen and oxygen atoms in total. The zero-order valence-electron chi connectivity index (χ0n) is 33.5. The number of nitrogens with zero attached hydrogens (tertiary/aromatic N) is 1. The molecule has 0 saturated carbocycles. The number of aliphatic hydroxyl groups is 3. The standard InChI is InChI=1S/C38H69NO12/c1-15-27-21(4)30(41)22(5)29(40)19(2)17-38(10,46-14)34(51-36-31(42)26(39(11)12)16-20(3)47-36)23(6)32(24(7)35(44)49-27)50-28-18-37(9,45-13)33(43)25(8)48-28/h19-28,30-34,36,41-43H,15-18H2,1-14H3/t19-,20-,21-,22+,23+,24-,25+,26+,27-,28+,30-,31-,32+,33+,34-,36-,37-,38-/m1/s1. The SMILES string of the molecule is CC[C@H]1OC(=O)[C@H](C)[C@@H](O[C@H]2C[C@@](C)(OC)[C@@H](O)[C@H](C)O2)[C@H](C)[C@@H](O[C@H]2O[C@H](C)C[C@H](N(C)C)[C@H]2O)[C@](C)(OC)C[C@@H](C)C(=O)[C@H](C)[C@H](O)[C@@H]1C. The van der Waals surface area contributed by atoms with E-state index < -0.39 is 102 Å². The molecule has 3 aliphatic rings. The number of esters is 1. The van der Waals surface area contributed by atoms with Crippen LogP contribution in [0.2, 0.25) is 0 Å². The third kappa shape index (κ3) is 9.71. The Hall–Kier alpha value is -1.26. The summed E-state index contributed by atoms with van der Waals surface area (Å²) in [5.41, 5.74) is -2.17. The second-order valence-corrected chi connectivity index (χ2v) is 16.4. The van der Waals surface area contributed by atoms with Gasteiger partial charge in [0.05, 0.1) is 47.6 Å². The van der Waals surface area contributed by atoms with Crippen LogP contribution in [-0.4, -0.2) is 139 Å². The lowest BCUT2D eigenvalue weighted by Gasteiger charge is -2.49. The van der Waals surface area contributed by atoms with Crippen LogP contribution in [0.25, 0.3) is 0 Å². The predicted molar refractivity (Wildman–Crippen MR) is 190 cm³/mol. The van der Waals surface area contributed by atoms with Crippen LogP contribution in [0, 0.1) is 29.6 Å². The fourth-order valence-electron chi connectivity index (χ4n) is 8.53. The topological polar surface area (TPSA) is 163 Å². The molecule has 0 amide bonds. The zero-order chi connectivity index (χ0) is 38.7. The molecule has 0 spiro atoms. The van der Waals surface area contributed by atoms with Gasteiger partial charge in [0.1, 0.15) is 24.1 Å². The van der Waals surface area contributed by atoms with Crippen molar-refractivity contribution >= 4 is 11.8 Å². The maximum Gasteiger partial charge on any atom is 0.311 e. The van der Waals surface area contributed by atoms with Crippen LogP contribution in [-0.2, 0) is 42.7 Å². The second-order valence-electron chi connectivity index (χ2n) is 16.4. The molecule has 0 aromatic rings. The van der Waals surface area contributed by atoms with Crippen molar-refractivity contribution in [1.82, 2.24) is 4.90 Å². The van der Waals surface area contributed by atoms with Crippen molar-refractivity contribution in [3.8, 4) is 0 Å². The Kier molecular flexibility index (Phi) is 15.5. The molecule has 13 heteroatoms. The molecule has 0 radical (unpaired) electrons. The fourth-order valence-corrected chi connectivity index (χ4v) is 8.53. The number of ketones is 1. The summed E-state index contributed by atoms with van der Waals surface area (Å²) in [6.07, 6.45) is -6.94. The lowest BCUT2D eigenvalue weighted by atomic mass is 9.74. The number of cyclic esters (lactones) is 1. The number of Topliss-reactive ketones (excluding diaryl/α,β-unsaturated/α-hetero) is 1. The monoisotopic (exact) mass is 731 g/mol. The number of hydrogen-bond acceptors (Lipinski definition) is 13. The molecule has 0 unspecified atom stereocenters. The minimum absolute atomic E-state index is 0.152. The third-order valence-electron chi connectivity index (χ3n) is 12.2. The minimum atomic E-state index is -1.18. The van der Waals surface area contributed by atoms with Crippen LogP contribution >= 0.6 is 0 Å². The van der Waals surface area contributed by atoms with Crippen molar-refractivity contribution in [2.75, 3.05) is 28.3 Å². The summed E-state index contributed by atoms with van der Waals surface area (Å²) in [5, 5.41) is 33.9. The summed E-state index contributed by atoms with van der Waals surface area (Å²) in [5.74, 6) is -4.05. The first-order valence-corrected chi connectivity index (χ1v) is 18.8. The van der Waals surface area contributed by atoms with Gasteiger partial charge in [-0.3, -0.25) is 9.59 Å². The van der Waals surface area contributed by atoms with E-state index in [1.165, 1.54) is 7.11 Å². The van der Waals surface area contributed by atoms with Gasteiger partial charge in [-0.25, -0.2) is 0 Å². The van der Waals surface area contributed by atoms with E-state index in [0.717, 1.165) is 0 Å². The van der Waals surface area contributed by atoms with Crippen LogP contribution in [0.1, 0.15) is 94.9 Å². The molecular formula is C38H69NO12. The normalized spacial score (nSPS) is 48.3. The van der Waals surface area contributed by atoms with E-state index in [1.807, 2.05) is 53.6 Å². The molecule has 0 aromatic carbocycles. The first-order valence-electron chi connectivity index (χ1n) is 18.8. The molecular weight excluding hydrogens is 662 g/mol. The van der Waals surface area contributed by atoms with E-state index in [4.69, 9.17) is 33.2 Å². The summed E-state index contributed by atoms with van der Waals surface area (Å²) in [7, 11) is 6.86. The molecule has 0 aromatic heterocycles. The van der Waals surface area contributed by atoms with Gasteiger partial charge in [0.25, 0.3) is 0 Å². The third-order valence-corrected chi connectivity index (χ3v) is 12.2. The molecule has 51 heavy (non-hydrogen) atoms. The Labute approximate surface area is 305 Å². The lowest BCUT2D eigenvalue weighted by molar-refractivity contribution is -0.319. The number of rotatable bonds is 8. The average Bonchev–Trinajstić information content (AvgIpc) is 3.09. The van der Waals surface area contributed by atoms with Crippen molar-refractivity contribution in [3.05, 3.63) is 0 Å². The quantitative estimate of drug-likeness (QED) is 0.312. The van der Waals surface area contributed by atoms with Crippen molar-refractivity contribution < 1.29 is 58.1 Å². The van der Waals surface area contributed by atoms with Gasteiger partial charge in [-0.15, -0.1) is 0 Å². The van der Waals surface area contributed by atoms with Gasteiger partial charge in [-0.05, 0) is 68.0 Å². The van der Waals surface area contributed by atoms with Gasteiger partial charge < -0.3 is 53.4 Å². The Morgan fingerprint density at radius 3 is 1.98 bits per heavy atom. The van der Waals surface area contributed by atoms with Gasteiger partial charge in [0.15, 0.2) is 12.6 Å². The maximum absolute atomic E-state index is 14.1. The Morgan fingerprint density at radius 2 is 1.43 bits per heavy atom. The first kappa shape index (κ1) is 44.1. The summed E-state index contributed by atoms with van der Waals surface area (Å²) < 4.78 is 44.2.